The van der Waals surface area contributed by atoms with Gasteiger partial charge < -0.3 is 5.73 Å². The number of aromatic nitrogens is 2. The van der Waals surface area contributed by atoms with Crippen molar-refractivity contribution in [2.45, 2.75) is 26.8 Å². The van der Waals surface area contributed by atoms with Crippen molar-refractivity contribution >= 4 is 21.8 Å². The van der Waals surface area contributed by atoms with Crippen LogP contribution in [-0.2, 0) is 11.3 Å². The van der Waals surface area contributed by atoms with Crippen molar-refractivity contribution in [3.05, 3.63) is 15.9 Å². The highest BCUT2D eigenvalue weighted by Gasteiger charge is 2.08. The monoisotopic (exact) mass is 245 g/mol. The second kappa shape index (κ2) is 3.91. The lowest BCUT2D eigenvalue weighted by atomic mass is 10.4. The molecule has 0 saturated carbocycles. The molecular weight excluding hydrogens is 234 g/mol. The summed E-state index contributed by atoms with van der Waals surface area (Å²) in [6, 6.07) is 0. The van der Waals surface area contributed by atoms with E-state index in [0.717, 1.165) is 15.9 Å². The molecule has 5 heteroatoms. The number of halogens is 1. The van der Waals surface area contributed by atoms with Crippen LogP contribution in [0.25, 0.3) is 0 Å². The van der Waals surface area contributed by atoms with Crippen LogP contribution in [0.4, 0.5) is 0 Å². The van der Waals surface area contributed by atoms with E-state index in [1.807, 2.05) is 13.8 Å². The van der Waals surface area contributed by atoms with Gasteiger partial charge in [0.15, 0.2) is 0 Å². The molecule has 1 aromatic heterocycles. The second-order valence-corrected chi connectivity index (χ2v) is 3.72. The zero-order valence-corrected chi connectivity index (χ0v) is 9.26. The highest BCUT2D eigenvalue weighted by Crippen LogP contribution is 2.19. The van der Waals surface area contributed by atoms with Crippen LogP contribution in [0, 0.1) is 13.8 Å². The van der Waals surface area contributed by atoms with Crippen molar-refractivity contribution in [3.8, 4) is 0 Å². The van der Waals surface area contributed by atoms with Gasteiger partial charge in [-0.3, -0.25) is 9.48 Å². The van der Waals surface area contributed by atoms with Crippen molar-refractivity contribution in [3.63, 3.8) is 0 Å². The average molecular weight is 246 g/mol. The predicted molar refractivity (Wildman–Crippen MR) is 53.2 cm³/mol. The highest BCUT2D eigenvalue weighted by molar-refractivity contribution is 9.10. The number of hydrogen-bond acceptors (Lipinski definition) is 2. The standard InChI is InChI=1S/C8H12BrN3O/c1-5-8(9)6(2)12(11-5)4-3-7(10)13/h3-4H2,1-2H3,(H2,10,13). The van der Waals surface area contributed by atoms with Gasteiger partial charge in [0.25, 0.3) is 0 Å². The van der Waals surface area contributed by atoms with E-state index in [1.165, 1.54) is 0 Å². The maximum Gasteiger partial charge on any atom is 0.219 e. The van der Waals surface area contributed by atoms with Crippen molar-refractivity contribution in [2.75, 3.05) is 0 Å². The van der Waals surface area contributed by atoms with E-state index >= 15 is 0 Å². The van der Waals surface area contributed by atoms with Crippen LogP contribution >= 0.6 is 15.9 Å². The van der Waals surface area contributed by atoms with Crippen LogP contribution in [0.5, 0.6) is 0 Å². The number of aryl methyl sites for hydroxylation is 2. The summed E-state index contributed by atoms with van der Waals surface area (Å²) in [6.45, 7) is 4.41. The van der Waals surface area contributed by atoms with Gasteiger partial charge in [-0.25, -0.2) is 0 Å². The van der Waals surface area contributed by atoms with Crippen LogP contribution in [0.15, 0.2) is 4.47 Å². The van der Waals surface area contributed by atoms with Gasteiger partial charge in [-0.05, 0) is 29.8 Å². The average Bonchev–Trinajstić information content (AvgIpc) is 2.29. The van der Waals surface area contributed by atoms with Crippen LogP contribution < -0.4 is 5.73 Å². The Kier molecular flexibility index (Phi) is 3.08. The Morgan fingerprint density at radius 2 is 2.23 bits per heavy atom. The highest BCUT2D eigenvalue weighted by atomic mass is 79.9. The Morgan fingerprint density at radius 3 is 2.62 bits per heavy atom. The zero-order chi connectivity index (χ0) is 10.0. The molecule has 0 bridgehead atoms. The normalized spacial score (nSPS) is 10.4. The Balaban J connectivity index is 2.78. The van der Waals surface area contributed by atoms with Gasteiger partial charge in [0.05, 0.1) is 10.2 Å². The molecule has 0 aliphatic heterocycles. The summed E-state index contributed by atoms with van der Waals surface area (Å²) in [5.41, 5.74) is 7.00. The number of primary amides is 1. The molecule has 4 nitrogen and oxygen atoms in total. The first-order chi connectivity index (χ1) is 6.02. The Labute approximate surface area is 85.2 Å². The summed E-state index contributed by atoms with van der Waals surface area (Å²) in [7, 11) is 0. The molecule has 0 aliphatic rings. The lowest BCUT2D eigenvalue weighted by Crippen LogP contribution is -2.15. The fraction of sp³-hybridized carbons (Fsp3) is 0.500. The number of amides is 1. The number of carbonyl (C=O) groups excluding carboxylic acids is 1. The molecule has 13 heavy (non-hydrogen) atoms. The largest absolute Gasteiger partial charge is 0.370 e. The first kappa shape index (κ1) is 10.2. The SMILES string of the molecule is Cc1nn(CCC(N)=O)c(C)c1Br. The molecular formula is C8H12BrN3O. The van der Waals surface area contributed by atoms with Crippen LogP contribution in [0.2, 0.25) is 0 Å². The lowest BCUT2D eigenvalue weighted by Gasteiger charge is -2.01. The summed E-state index contributed by atoms with van der Waals surface area (Å²) >= 11 is 3.41. The van der Waals surface area contributed by atoms with Crippen molar-refractivity contribution in [1.82, 2.24) is 9.78 Å². The molecule has 72 valence electrons. The third-order valence-corrected chi connectivity index (χ3v) is 3.01. The smallest absolute Gasteiger partial charge is 0.219 e. The third kappa shape index (κ3) is 2.30. The van der Waals surface area contributed by atoms with Crippen molar-refractivity contribution < 1.29 is 4.79 Å². The fourth-order valence-electron chi connectivity index (χ4n) is 1.11. The molecule has 2 N–H and O–H groups in total. The first-order valence-electron chi connectivity index (χ1n) is 4.00. The van der Waals surface area contributed by atoms with E-state index in [2.05, 4.69) is 21.0 Å². The van der Waals surface area contributed by atoms with Crippen molar-refractivity contribution in [1.29, 1.82) is 0 Å². The van der Waals surface area contributed by atoms with Crippen LogP contribution in [0.1, 0.15) is 17.8 Å². The number of rotatable bonds is 3. The molecule has 1 amide bonds. The molecule has 0 aliphatic carbocycles. The summed E-state index contributed by atoms with van der Waals surface area (Å²) in [5, 5.41) is 4.24. The van der Waals surface area contributed by atoms with Gasteiger partial charge in [-0.1, -0.05) is 0 Å². The zero-order valence-electron chi connectivity index (χ0n) is 7.67. The van der Waals surface area contributed by atoms with E-state index in [4.69, 9.17) is 5.73 Å². The van der Waals surface area contributed by atoms with E-state index in [-0.39, 0.29) is 5.91 Å². The summed E-state index contributed by atoms with van der Waals surface area (Å²) in [6.07, 6.45) is 0.328. The number of carbonyl (C=O) groups is 1. The molecule has 1 heterocycles. The minimum atomic E-state index is -0.302. The molecule has 1 rings (SSSR count). The molecule has 0 unspecified atom stereocenters. The van der Waals surface area contributed by atoms with Gasteiger partial charge >= 0.3 is 0 Å². The topological polar surface area (TPSA) is 60.9 Å². The Hall–Kier alpha value is -0.840. The molecule has 1 aromatic rings. The summed E-state index contributed by atoms with van der Waals surface area (Å²) in [4.78, 5) is 10.5. The summed E-state index contributed by atoms with van der Waals surface area (Å²) in [5.74, 6) is -0.302. The van der Waals surface area contributed by atoms with Gasteiger partial charge in [-0.2, -0.15) is 5.10 Å². The minimum Gasteiger partial charge on any atom is -0.370 e. The van der Waals surface area contributed by atoms with E-state index in [1.54, 1.807) is 4.68 Å². The number of hydrogen-bond donors (Lipinski definition) is 1. The van der Waals surface area contributed by atoms with E-state index < -0.39 is 0 Å². The third-order valence-electron chi connectivity index (χ3n) is 1.86. The van der Waals surface area contributed by atoms with Crippen LogP contribution in [0.3, 0.4) is 0 Å². The molecule has 0 aromatic carbocycles. The quantitative estimate of drug-likeness (QED) is 0.869. The van der Waals surface area contributed by atoms with Gasteiger partial charge in [0.2, 0.25) is 5.91 Å². The van der Waals surface area contributed by atoms with Gasteiger partial charge in [0.1, 0.15) is 0 Å². The van der Waals surface area contributed by atoms with Crippen molar-refractivity contribution in [2.24, 2.45) is 5.73 Å². The molecule has 0 saturated heterocycles. The lowest BCUT2D eigenvalue weighted by molar-refractivity contribution is -0.118. The molecule has 0 radical (unpaired) electrons. The fourth-order valence-corrected chi connectivity index (χ4v) is 1.39. The van der Waals surface area contributed by atoms with Gasteiger partial charge in [0, 0.05) is 18.7 Å². The maximum absolute atomic E-state index is 10.5. The van der Waals surface area contributed by atoms with E-state index in [9.17, 15) is 4.79 Å². The van der Waals surface area contributed by atoms with Crippen LogP contribution in [-0.4, -0.2) is 15.7 Å². The minimum absolute atomic E-state index is 0.302. The van der Waals surface area contributed by atoms with E-state index in [0.29, 0.717) is 13.0 Å². The Bertz CT molecular complexity index is 332. The number of nitrogens with two attached hydrogens (primary N) is 1. The predicted octanol–water partition coefficient (Wildman–Crippen LogP) is 1.14. The maximum atomic E-state index is 10.5. The Morgan fingerprint density at radius 1 is 1.62 bits per heavy atom. The molecule has 0 fully saturated rings. The van der Waals surface area contributed by atoms with Gasteiger partial charge in [-0.15, -0.1) is 0 Å². The second-order valence-electron chi connectivity index (χ2n) is 2.92. The number of nitrogens with zero attached hydrogens (tertiary/aromatic N) is 2. The molecule has 0 spiro atoms. The molecule has 0 atom stereocenters. The summed E-state index contributed by atoms with van der Waals surface area (Å²) < 4.78 is 2.78. The first-order valence-corrected chi connectivity index (χ1v) is 4.79.